The Bertz CT molecular complexity index is 1160. The maximum Gasteiger partial charge on any atom is 0.331 e. The van der Waals surface area contributed by atoms with Gasteiger partial charge < -0.3 is 4.43 Å². The van der Waals surface area contributed by atoms with Crippen molar-refractivity contribution in [1.29, 1.82) is 0 Å². The van der Waals surface area contributed by atoms with Crippen LogP contribution in [0.15, 0.2) is 9.59 Å². The average Bonchev–Trinajstić information content (AvgIpc) is 3.25. The standard InChI is InChI=1S/C22H35N3O5SSi/c1-13(2)10-24-20-17(18(26)23(7)21(24)28)16(14(3)31-20)19(27)25-11-15(12-29-25)30-32(8,9)22(4,5)6/h13,15H,10-12H2,1-9H3. The van der Waals surface area contributed by atoms with Gasteiger partial charge in [0.1, 0.15) is 11.4 Å². The van der Waals surface area contributed by atoms with Crippen LogP contribution in [0.4, 0.5) is 0 Å². The molecule has 0 aliphatic carbocycles. The maximum absolute atomic E-state index is 13.5. The number of carbonyl (C=O) groups is 1. The molecule has 1 amide bonds. The van der Waals surface area contributed by atoms with Gasteiger partial charge in [-0.3, -0.25) is 23.6 Å². The van der Waals surface area contributed by atoms with Crippen LogP contribution < -0.4 is 11.2 Å². The van der Waals surface area contributed by atoms with Gasteiger partial charge in [-0.05, 0) is 31.0 Å². The highest BCUT2D eigenvalue weighted by molar-refractivity contribution is 7.19. The molecule has 2 aromatic rings. The average molecular weight is 482 g/mol. The summed E-state index contributed by atoms with van der Waals surface area (Å²) in [6.45, 7) is 17.8. The van der Waals surface area contributed by atoms with E-state index in [-0.39, 0.29) is 34.0 Å². The molecule has 0 aromatic carbocycles. The van der Waals surface area contributed by atoms with Gasteiger partial charge in [-0.1, -0.05) is 34.6 Å². The molecule has 1 aliphatic heterocycles. The number of fused-ring (bicyclic) bond motifs is 1. The van der Waals surface area contributed by atoms with Gasteiger partial charge in [0, 0.05) is 18.5 Å². The smallest absolute Gasteiger partial charge is 0.331 e. The van der Waals surface area contributed by atoms with Gasteiger partial charge in [0.2, 0.25) is 0 Å². The number of carbonyl (C=O) groups excluding carboxylic acids is 1. The lowest BCUT2D eigenvalue weighted by Gasteiger charge is -2.37. The lowest BCUT2D eigenvalue weighted by molar-refractivity contribution is -0.0777. The van der Waals surface area contributed by atoms with Crippen molar-refractivity contribution < 1.29 is 14.1 Å². The Morgan fingerprint density at radius 3 is 2.47 bits per heavy atom. The minimum absolute atomic E-state index is 0.0524. The highest BCUT2D eigenvalue weighted by Crippen LogP contribution is 2.38. The van der Waals surface area contributed by atoms with Gasteiger partial charge in [0.15, 0.2) is 8.32 Å². The molecule has 1 aliphatic rings. The van der Waals surface area contributed by atoms with Gasteiger partial charge in [-0.15, -0.1) is 11.3 Å². The second-order valence-electron chi connectivity index (χ2n) is 10.5. The minimum Gasteiger partial charge on any atom is -0.410 e. The Balaban J connectivity index is 1.98. The fourth-order valence-corrected chi connectivity index (χ4v) is 6.08. The van der Waals surface area contributed by atoms with E-state index in [0.717, 1.165) is 4.57 Å². The first-order valence-electron chi connectivity index (χ1n) is 11.0. The molecular formula is C22H35N3O5SSi. The molecular weight excluding hydrogens is 446 g/mol. The Hall–Kier alpha value is -1.75. The molecule has 3 heterocycles. The van der Waals surface area contributed by atoms with Crippen LogP contribution in [0.25, 0.3) is 10.2 Å². The summed E-state index contributed by atoms with van der Waals surface area (Å²) in [4.78, 5) is 46.2. The molecule has 1 atom stereocenters. The van der Waals surface area contributed by atoms with Gasteiger partial charge in [0.25, 0.3) is 11.5 Å². The van der Waals surface area contributed by atoms with E-state index in [4.69, 9.17) is 9.26 Å². The second-order valence-corrected chi connectivity index (χ2v) is 16.5. The van der Waals surface area contributed by atoms with Crippen molar-refractivity contribution in [2.24, 2.45) is 13.0 Å². The largest absolute Gasteiger partial charge is 0.410 e. The van der Waals surface area contributed by atoms with Crippen molar-refractivity contribution in [3.63, 3.8) is 0 Å². The lowest BCUT2D eigenvalue weighted by atomic mass is 10.1. The number of aryl methyl sites for hydroxylation is 1. The predicted octanol–water partition coefficient (Wildman–Crippen LogP) is 3.50. The van der Waals surface area contributed by atoms with Crippen LogP contribution in [-0.4, -0.2) is 47.7 Å². The third-order valence-electron chi connectivity index (χ3n) is 6.39. The number of thiophene rings is 1. The van der Waals surface area contributed by atoms with E-state index in [0.29, 0.717) is 35.0 Å². The fraction of sp³-hybridized carbons (Fsp3) is 0.682. The van der Waals surface area contributed by atoms with Gasteiger partial charge in [-0.2, -0.15) is 0 Å². The number of hydrogen-bond donors (Lipinski definition) is 0. The van der Waals surface area contributed by atoms with E-state index in [1.54, 1.807) is 11.5 Å². The molecule has 0 spiro atoms. The zero-order valence-electron chi connectivity index (χ0n) is 20.6. The van der Waals surface area contributed by atoms with Crippen LogP contribution >= 0.6 is 11.3 Å². The summed E-state index contributed by atoms with van der Waals surface area (Å²) in [6.07, 6.45) is -0.202. The summed E-state index contributed by atoms with van der Waals surface area (Å²) in [6, 6.07) is 0. The van der Waals surface area contributed by atoms with Gasteiger partial charge in [-0.25, -0.2) is 9.86 Å². The van der Waals surface area contributed by atoms with Crippen molar-refractivity contribution in [2.45, 2.75) is 72.3 Å². The van der Waals surface area contributed by atoms with Gasteiger partial charge in [0.05, 0.1) is 23.6 Å². The highest BCUT2D eigenvalue weighted by atomic mass is 32.1. The maximum atomic E-state index is 13.5. The third-order valence-corrected chi connectivity index (χ3v) is 12.1. The Morgan fingerprint density at radius 1 is 1.28 bits per heavy atom. The van der Waals surface area contributed by atoms with E-state index in [1.807, 2.05) is 13.8 Å². The van der Waals surface area contributed by atoms with Crippen LogP contribution in [0.1, 0.15) is 49.9 Å². The molecule has 1 fully saturated rings. The van der Waals surface area contributed by atoms with Crippen molar-refractivity contribution in [3.05, 3.63) is 31.3 Å². The fourth-order valence-electron chi connectivity index (χ4n) is 3.62. The highest BCUT2D eigenvalue weighted by Gasteiger charge is 2.42. The topological polar surface area (TPSA) is 82.8 Å². The van der Waals surface area contributed by atoms with Crippen LogP contribution in [0.5, 0.6) is 0 Å². The van der Waals surface area contributed by atoms with Crippen molar-refractivity contribution in [3.8, 4) is 0 Å². The summed E-state index contributed by atoms with van der Waals surface area (Å²) >= 11 is 1.31. The van der Waals surface area contributed by atoms with Crippen molar-refractivity contribution in [2.75, 3.05) is 13.2 Å². The lowest BCUT2D eigenvalue weighted by Crippen LogP contribution is -2.45. The molecule has 8 nitrogen and oxygen atoms in total. The van der Waals surface area contributed by atoms with E-state index in [9.17, 15) is 14.4 Å². The molecule has 0 saturated carbocycles. The van der Waals surface area contributed by atoms with Crippen molar-refractivity contribution >= 4 is 35.8 Å². The van der Waals surface area contributed by atoms with E-state index >= 15 is 0 Å². The Morgan fingerprint density at radius 2 is 1.91 bits per heavy atom. The summed E-state index contributed by atoms with van der Waals surface area (Å²) < 4.78 is 9.10. The van der Waals surface area contributed by atoms with E-state index in [2.05, 4.69) is 33.9 Å². The first-order chi connectivity index (χ1) is 14.7. The first kappa shape index (κ1) is 24.9. The normalized spacial score (nSPS) is 17.7. The molecule has 178 valence electrons. The molecule has 1 unspecified atom stereocenters. The Kier molecular flexibility index (Phi) is 6.65. The zero-order chi connectivity index (χ0) is 24.2. The quantitative estimate of drug-likeness (QED) is 0.611. The number of amides is 1. The Labute approximate surface area is 193 Å². The molecule has 0 radical (unpaired) electrons. The van der Waals surface area contributed by atoms with Crippen LogP contribution in [0, 0.1) is 12.8 Å². The number of rotatable bonds is 5. The number of nitrogens with zero attached hydrogens (tertiary/aromatic N) is 3. The first-order valence-corrected chi connectivity index (χ1v) is 14.7. The molecule has 3 rings (SSSR count). The molecule has 2 aromatic heterocycles. The molecule has 10 heteroatoms. The summed E-state index contributed by atoms with van der Waals surface area (Å²) in [5, 5.41) is 1.65. The van der Waals surface area contributed by atoms with Gasteiger partial charge >= 0.3 is 5.69 Å². The summed E-state index contributed by atoms with van der Waals surface area (Å²) in [5.74, 6) is -0.146. The SMILES string of the molecule is Cc1sc2c(c1C(=O)N1CC(O[Si](C)(C)C(C)(C)C)CO1)c(=O)n(C)c(=O)n2CC(C)C. The van der Waals surface area contributed by atoms with Crippen molar-refractivity contribution in [1.82, 2.24) is 14.2 Å². The van der Waals surface area contributed by atoms with Crippen LogP contribution in [-0.2, 0) is 22.9 Å². The predicted molar refractivity (Wildman–Crippen MR) is 130 cm³/mol. The number of aromatic nitrogens is 2. The monoisotopic (exact) mass is 481 g/mol. The van der Waals surface area contributed by atoms with E-state index in [1.165, 1.54) is 23.4 Å². The third kappa shape index (κ3) is 4.37. The summed E-state index contributed by atoms with van der Waals surface area (Å²) in [7, 11) is -0.552. The molecule has 32 heavy (non-hydrogen) atoms. The molecule has 0 N–H and O–H groups in total. The molecule has 0 bridgehead atoms. The van der Waals surface area contributed by atoms with Crippen LogP contribution in [0.3, 0.4) is 0 Å². The number of hydrogen-bond acceptors (Lipinski definition) is 6. The van der Waals surface area contributed by atoms with E-state index < -0.39 is 13.9 Å². The zero-order valence-corrected chi connectivity index (χ0v) is 22.4. The van der Waals surface area contributed by atoms with Crippen LogP contribution in [0.2, 0.25) is 18.1 Å². The summed E-state index contributed by atoms with van der Waals surface area (Å²) in [5.41, 5.74) is -0.501. The minimum atomic E-state index is -2.01. The number of hydroxylamine groups is 2. The molecule has 1 saturated heterocycles. The second kappa shape index (κ2) is 8.55.